The summed E-state index contributed by atoms with van der Waals surface area (Å²) in [5.41, 5.74) is 1.44. The van der Waals surface area contributed by atoms with Gasteiger partial charge in [-0.2, -0.15) is 0 Å². The Morgan fingerprint density at radius 1 is 1.36 bits per heavy atom. The van der Waals surface area contributed by atoms with E-state index in [0.717, 1.165) is 15.8 Å². The van der Waals surface area contributed by atoms with Gasteiger partial charge in [-0.25, -0.2) is 0 Å². The van der Waals surface area contributed by atoms with E-state index in [1.54, 1.807) is 18.4 Å². The van der Waals surface area contributed by atoms with Crippen molar-refractivity contribution in [3.8, 4) is 0 Å². The number of ether oxygens (including phenoxy) is 1. The van der Waals surface area contributed by atoms with Gasteiger partial charge in [0, 0.05) is 17.3 Å². The third kappa shape index (κ3) is 2.44. The van der Waals surface area contributed by atoms with Crippen LogP contribution in [0.4, 0.5) is 0 Å². The van der Waals surface area contributed by atoms with Crippen molar-refractivity contribution in [3.05, 3.63) is 34.7 Å². The van der Waals surface area contributed by atoms with Crippen molar-refractivity contribution in [2.45, 2.75) is 43.9 Å². The smallest absolute Gasteiger partial charge is 0.261 e. The fraction of sp³-hybridized carbons (Fsp3) is 0.550. The van der Waals surface area contributed by atoms with Crippen LogP contribution in [0.3, 0.4) is 0 Å². The van der Waals surface area contributed by atoms with Crippen LogP contribution in [0.1, 0.15) is 40.9 Å². The van der Waals surface area contributed by atoms with Gasteiger partial charge in [0.05, 0.1) is 17.5 Å². The molecule has 1 aromatic carbocycles. The third-order valence-electron chi connectivity index (χ3n) is 6.42. The summed E-state index contributed by atoms with van der Waals surface area (Å²) in [7, 11) is 1.71. The molecule has 25 heavy (non-hydrogen) atoms. The minimum Gasteiger partial charge on any atom is -0.380 e. The first-order chi connectivity index (χ1) is 12.2. The minimum atomic E-state index is 0.106. The van der Waals surface area contributed by atoms with Crippen molar-refractivity contribution >= 4 is 27.3 Å². The van der Waals surface area contributed by atoms with E-state index in [-0.39, 0.29) is 11.4 Å². The van der Waals surface area contributed by atoms with E-state index in [2.05, 4.69) is 22.3 Å². The topological polar surface area (TPSA) is 41.6 Å². The quantitative estimate of drug-likeness (QED) is 0.913. The highest BCUT2D eigenvalue weighted by atomic mass is 32.1. The Hall–Kier alpha value is -1.43. The van der Waals surface area contributed by atoms with Gasteiger partial charge in [0.15, 0.2) is 0 Å². The van der Waals surface area contributed by atoms with Gasteiger partial charge >= 0.3 is 0 Å². The zero-order valence-corrected chi connectivity index (χ0v) is 15.4. The SMILES string of the molecule is COCc1cccc2cc(C(=O)N[C@@H]3C4CCN(CC4)C34CC4)sc12. The van der Waals surface area contributed by atoms with E-state index in [9.17, 15) is 4.79 Å². The molecule has 3 aliphatic heterocycles. The standard InChI is InChI=1S/C20H24N2O2S/c1-24-12-15-4-2-3-14-11-16(25-17(14)15)19(23)21-18-13-5-9-22(10-6-13)20(18)7-8-20/h2-4,11,13,18H,5-10,12H2,1H3,(H,21,23)/t18-/m1/s1. The Balaban J connectivity index is 1.41. The first-order valence-corrected chi connectivity index (χ1v) is 10.1. The molecule has 1 amide bonds. The number of nitrogens with one attached hydrogen (secondary N) is 1. The first kappa shape index (κ1) is 15.8. The van der Waals surface area contributed by atoms with Crippen molar-refractivity contribution in [2.24, 2.45) is 5.92 Å². The van der Waals surface area contributed by atoms with Crippen LogP contribution in [0.25, 0.3) is 10.1 Å². The fourth-order valence-electron chi connectivity index (χ4n) is 5.04. The molecule has 4 fully saturated rings. The van der Waals surface area contributed by atoms with Crippen LogP contribution in [0, 0.1) is 5.92 Å². The molecule has 1 saturated carbocycles. The largest absolute Gasteiger partial charge is 0.380 e. The summed E-state index contributed by atoms with van der Waals surface area (Å²) in [6.07, 6.45) is 4.96. The number of piperidine rings is 3. The van der Waals surface area contributed by atoms with Crippen molar-refractivity contribution in [2.75, 3.05) is 20.2 Å². The predicted molar refractivity (Wildman–Crippen MR) is 100 cm³/mol. The van der Waals surface area contributed by atoms with Gasteiger partial charge < -0.3 is 10.1 Å². The van der Waals surface area contributed by atoms with Crippen LogP contribution < -0.4 is 5.32 Å². The number of fused-ring (bicyclic) bond motifs is 3. The summed E-state index contributed by atoms with van der Waals surface area (Å²) in [4.78, 5) is 16.5. The Morgan fingerprint density at radius 2 is 2.16 bits per heavy atom. The second-order valence-electron chi connectivity index (χ2n) is 7.76. The molecule has 1 spiro atoms. The van der Waals surface area contributed by atoms with Crippen LogP contribution in [-0.4, -0.2) is 42.6 Å². The fourth-order valence-corrected chi connectivity index (χ4v) is 6.10. The zero-order chi connectivity index (χ0) is 17.0. The summed E-state index contributed by atoms with van der Waals surface area (Å²) in [5.74, 6) is 0.768. The molecule has 1 atom stereocenters. The maximum atomic E-state index is 13.0. The molecule has 3 saturated heterocycles. The summed E-state index contributed by atoms with van der Waals surface area (Å²) in [6.45, 7) is 3.03. The number of methoxy groups -OCH3 is 1. The highest BCUT2D eigenvalue weighted by Crippen LogP contribution is 2.53. The van der Waals surface area contributed by atoms with Crippen LogP contribution in [-0.2, 0) is 11.3 Å². The van der Waals surface area contributed by atoms with Crippen molar-refractivity contribution in [1.82, 2.24) is 10.2 Å². The van der Waals surface area contributed by atoms with Gasteiger partial charge in [-0.3, -0.25) is 9.69 Å². The van der Waals surface area contributed by atoms with Gasteiger partial charge in [-0.15, -0.1) is 11.3 Å². The van der Waals surface area contributed by atoms with Gasteiger partial charge in [-0.05, 0) is 61.7 Å². The van der Waals surface area contributed by atoms with Crippen LogP contribution in [0.5, 0.6) is 0 Å². The number of thiophene rings is 1. The number of hydrogen-bond acceptors (Lipinski definition) is 4. The highest BCUT2D eigenvalue weighted by molar-refractivity contribution is 7.21. The average molecular weight is 356 g/mol. The lowest BCUT2D eigenvalue weighted by atomic mass is 9.77. The van der Waals surface area contributed by atoms with E-state index in [4.69, 9.17) is 4.74 Å². The molecule has 0 unspecified atom stereocenters. The van der Waals surface area contributed by atoms with E-state index in [1.165, 1.54) is 43.5 Å². The molecule has 1 aliphatic carbocycles. The maximum absolute atomic E-state index is 13.0. The predicted octanol–water partition coefficient (Wildman–Crippen LogP) is 3.40. The monoisotopic (exact) mass is 356 g/mol. The molecule has 1 aromatic heterocycles. The molecule has 1 N–H and O–H groups in total. The number of rotatable bonds is 4. The molecule has 132 valence electrons. The Bertz CT molecular complexity index is 818. The zero-order valence-electron chi connectivity index (χ0n) is 14.6. The normalized spacial score (nSPS) is 29.2. The van der Waals surface area contributed by atoms with Crippen molar-refractivity contribution < 1.29 is 9.53 Å². The van der Waals surface area contributed by atoms with Crippen LogP contribution in [0.2, 0.25) is 0 Å². The second-order valence-corrected chi connectivity index (χ2v) is 8.81. The molecular weight excluding hydrogens is 332 g/mol. The van der Waals surface area contributed by atoms with Gasteiger partial charge in [0.2, 0.25) is 0 Å². The molecular formula is C20H24N2O2S. The lowest BCUT2D eigenvalue weighted by Gasteiger charge is -2.52. The number of carbonyl (C=O) groups is 1. The minimum absolute atomic E-state index is 0.106. The molecule has 0 radical (unpaired) electrons. The van der Waals surface area contributed by atoms with Gasteiger partial charge in [-0.1, -0.05) is 18.2 Å². The maximum Gasteiger partial charge on any atom is 0.261 e. The van der Waals surface area contributed by atoms with E-state index >= 15 is 0 Å². The molecule has 5 heteroatoms. The number of amides is 1. The van der Waals surface area contributed by atoms with Crippen molar-refractivity contribution in [3.63, 3.8) is 0 Å². The number of carbonyl (C=O) groups excluding carboxylic acids is 1. The molecule has 6 rings (SSSR count). The number of nitrogens with zero attached hydrogens (tertiary/aromatic N) is 1. The van der Waals surface area contributed by atoms with E-state index < -0.39 is 0 Å². The summed E-state index contributed by atoms with van der Waals surface area (Å²) in [6, 6.07) is 8.58. The Labute approximate surface area is 152 Å². The van der Waals surface area contributed by atoms with Crippen molar-refractivity contribution in [1.29, 1.82) is 0 Å². The molecule has 2 aromatic rings. The lowest BCUT2D eigenvalue weighted by molar-refractivity contribution is -0.00138. The first-order valence-electron chi connectivity index (χ1n) is 9.27. The lowest BCUT2D eigenvalue weighted by Crippen LogP contribution is -2.65. The summed E-state index contributed by atoms with van der Waals surface area (Å²) < 4.78 is 6.47. The van der Waals surface area contributed by atoms with Crippen LogP contribution in [0.15, 0.2) is 24.3 Å². The van der Waals surface area contributed by atoms with Crippen LogP contribution >= 0.6 is 11.3 Å². The summed E-state index contributed by atoms with van der Waals surface area (Å²) in [5, 5.41) is 4.57. The number of benzene rings is 1. The van der Waals surface area contributed by atoms with Gasteiger partial charge in [0.25, 0.3) is 5.91 Å². The molecule has 4 heterocycles. The second kappa shape index (κ2) is 5.79. The Kier molecular flexibility index (Phi) is 3.66. The molecule has 4 nitrogen and oxygen atoms in total. The van der Waals surface area contributed by atoms with Gasteiger partial charge in [0.1, 0.15) is 0 Å². The average Bonchev–Trinajstić information content (AvgIpc) is 3.28. The van der Waals surface area contributed by atoms with E-state index in [1.807, 2.05) is 12.1 Å². The molecule has 4 aliphatic rings. The van der Waals surface area contributed by atoms with E-state index in [0.29, 0.717) is 18.6 Å². The Morgan fingerprint density at radius 3 is 2.88 bits per heavy atom. The summed E-state index contributed by atoms with van der Waals surface area (Å²) >= 11 is 1.60. The third-order valence-corrected chi connectivity index (χ3v) is 7.64. The molecule has 2 bridgehead atoms. The number of hydrogen-bond donors (Lipinski definition) is 1. The highest BCUT2D eigenvalue weighted by Gasteiger charge is 2.60.